The van der Waals surface area contributed by atoms with E-state index in [1.807, 2.05) is 79.1 Å². The van der Waals surface area contributed by atoms with Crippen LogP contribution in [-0.2, 0) is 116 Å². The van der Waals surface area contributed by atoms with Gasteiger partial charge in [0, 0.05) is 39.3 Å². The highest BCUT2D eigenvalue weighted by molar-refractivity contribution is 6.31. The van der Waals surface area contributed by atoms with Gasteiger partial charge in [-0.05, 0) is 169 Å². The summed E-state index contributed by atoms with van der Waals surface area (Å²) in [6.07, 6.45) is 38.0. The Hall–Kier alpha value is -9.64. The molecular formula is C89H102Cl2F2O14. The number of ketones is 4. The van der Waals surface area contributed by atoms with Crippen molar-refractivity contribution in [3.05, 3.63) is 206 Å². The van der Waals surface area contributed by atoms with E-state index in [4.69, 9.17) is 54.2 Å². The van der Waals surface area contributed by atoms with Gasteiger partial charge in [0.05, 0.1) is 78.8 Å². The highest BCUT2D eigenvalue weighted by Gasteiger charge is 2.23. The predicted octanol–water partition coefficient (Wildman–Crippen LogP) is 21.2. The molecule has 7 aromatic carbocycles. The third-order valence-corrected chi connectivity index (χ3v) is 16.2. The van der Waals surface area contributed by atoms with Crippen LogP contribution in [0, 0.1) is 11.6 Å². The molecule has 0 unspecified atom stereocenters. The number of unbranched alkanes of at least 4 members (excludes halogenated alkanes) is 7. The van der Waals surface area contributed by atoms with Gasteiger partial charge in [0.1, 0.15) is 11.6 Å². The van der Waals surface area contributed by atoms with Gasteiger partial charge in [0.2, 0.25) is 0 Å². The number of para-hydroxylation sites is 3. The molecule has 8 rings (SSSR count). The molecule has 0 saturated carbocycles. The van der Waals surface area contributed by atoms with Crippen molar-refractivity contribution in [2.24, 2.45) is 0 Å². The molecule has 0 atom stereocenters. The van der Waals surface area contributed by atoms with Crippen molar-refractivity contribution < 1.29 is 73.3 Å². The molecule has 0 bridgehead atoms. The summed E-state index contributed by atoms with van der Waals surface area (Å²) >= 11 is 11.7. The normalized spacial score (nSPS) is 11.6. The molecule has 1 aliphatic rings. The highest BCUT2D eigenvalue weighted by atomic mass is 35.5. The zero-order valence-corrected chi connectivity index (χ0v) is 65.0. The monoisotopic (exact) mass is 1500 g/mol. The van der Waals surface area contributed by atoms with Gasteiger partial charge in [-0.2, -0.15) is 0 Å². The van der Waals surface area contributed by atoms with Crippen LogP contribution >= 0.6 is 23.2 Å². The molecule has 0 aromatic heterocycles. The lowest BCUT2D eigenvalue weighted by molar-refractivity contribution is -0.369. The molecule has 1 aliphatic heterocycles. The van der Waals surface area contributed by atoms with Crippen molar-refractivity contribution in [1.82, 2.24) is 0 Å². The minimum absolute atomic E-state index is 0.114. The molecule has 0 fully saturated rings. The summed E-state index contributed by atoms with van der Waals surface area (Å²) in [5.74, 6) is 4.84. The van der Waals surface area contributed by atoms with Crippen molar-refractivity contribution in [2.45, 2.75) is 217 Å². The Labute approximate surface area is 641 Å². The molecule has 14 nitrogen and oxygen atoms in total. The van der Waals surface area contributed by atoms with Gasteiger partial charge in [-0.1, -0.05) is 147 Å². The minimum atomic E-state index is -0.371. The van der Waals surface area contributed by atoms with E-state index >= 15 is 0 Å². The van der Waals surface area contributed by atoms with Gasteiger partial charge in [-0.15, -0.1) is 44.0 Å². The Morgan fingerprint density at radius 1 is 0.374 bits per heavy atom. The average Bonchev–Trinajstić information content (AvgIpc) is 0.818. The van der Waals surface area contributed by atoms with Crippen molar-refractivity contribution in [3.8, 4) is 40.2 Å². The number of hydrogen-bond donors (Lipinski definition) is 0. The zero-order chi connectivity index (χ0) is 78.8. The highest BCUT2D eigenvalue weighted by Crippen LogP contribution is 2.32. The largest absolute Gasteiger partial charge is 0.529 e. The first-order chi connectivity index (χ1) is 51.9. The van der Waals surface area contributed by atoms with Crippen LogP contribution in [-0.4, -0.2) is 86.0 Å². The van der Waals surface area contributed by atoms with Crippen LogP contribution < -0.4 is 0 Å². The second-order valence-electron chi connectivity index (χ2n) is 24.3. The number of fused-ring (bicyclic) bond motifs is 1. The first-order valence-electron chi connectivity index (χ1n) is 36.5. The third-order valence-electron chi connectivity index (χ3n) is 15.7. The number of hydrogen-bond acceptors (Lipinski definition) is 7. The van der Waals surface area contributed by atoms with E-state index < -0.39 is 0 Å². The average molecular weight is 1500 g/mol. The van der Waals surface area contributed by atoms with Crippen LogP contribution in [0.15, 0.2) is 140 Å². The van der Waals surface area contributed by atoms with Crippen molar-refractivity contribution in [2.75, 3.05) is 0 Å². The summed E-state index contributed by atoms with van der Waals surface area (Å²) in [6, 6.07) is 41.5. The summed E-state index contributed by atoms with van der Waals surface area (Å²) in [6.45, 7) is 19.6. The molecular weight excluding hydrogens is 1400 g/mol. The van der Waals surface area contributed by atoms with Gasteiger partial charge >= 0.3 is 40.2 Å². The Bertz CT molecular complexity index is 3910. The third kappa shape index (κ3) is 39.5. The van der Waals surface area contributed by atoms with Crippen molar-refractivity contribution in [1.29, 1.82) is 0 Å². The van der Waals surface area contributed by atoms with E-state index in [2.05, 4.69) is 66.7 Å². The van der Waals surface area contributed by atoms with Crippen LogP contribution in [0.25, 0.3) is 0 Å². The summed E-state index contributed by atoms with van der Waals surface area (Å²) in [4.78, 5) is 71.7. The fourth-order valence-electron chi connectivity index (χ4n) is 10.0. The quantitative estimate of drug-likeness (QED) is 0.0165. The lowest BCUT2D eigenvalue weighted by Gasteiger charge is -2.09. The Kier molecular flexibility index (Phi) is 51.1. The summed E-state index contributed by atoms with van der Waals surface area (Å²) in [7, 11) is 0. The first-order valence-corrected chi connectivity index (χ1v) is 37.2. The molecule has 0 N–H and O–H groups in total. The zero-order valence-electron chi connectivity index (χ0n) is 63.5. The van der Waals surface area contributed by atoms with Crippen LogP contribution in [0.5, 0.6) is 40.2 Å². The molecule has 0 amide bonds. The molecule has 570 valence electrons. The maximum atomic E-state index is 13.0. The Balaban J connectivity index is 0.000000424. The summed E-state index contributed by atoms with van der Waals surface area (Å²) in [5.41, 5.74) is 8.67. The summed E-state index contributed by atoms with van der Waals surface area (Å²) in [5, 5.41) is 1.21. The molecule has 0 aliphatic carbocycles. The Morgan fingerprint density at radius 3 is 1.10 bits per heavy atom. The first kappa shape index (κ1) is 93.4. The molecule has 0 radical (unpaired) electrons. The number of carbonyl (C=O) groups excluding carboxylic acids is 14. The number of aryl methyl sites for hydroxylation is 8. The SMILES string of the molecule is CCCCc1ccc(Cl)cc1[O+]=C(C)[C-]=O.CCCCc1ccc(Cl)cc1[O+]=C[C-]=O.CCCCc1ccc(F)cc1[O+]=C(C)[C-]=O.CCCCc1ccc(F)cc1[O+]=C[C-]=O.CCCCc1cccc2c1[O+]=C([C-]=O)CC2.CCCCc1ccccc1[O+]=C(C)[C-]=O.CCCCc1ccccc1[O+]=C[C-]=O. The number of aldehydes is 3. The molecule has 7 aromatic rings. The van der Waals surface area contributed by atoms with Crippen LogP contribution in [0.2, 0.25) is 10.0 Å². The fourth-order valence-corrected chi connectivity index (χ4v) is 10.4. The van der Waals surface area contributed by atoms with Crippen LogP contribution in [0.4, 0.5) is 8.78 Å². The molecule has 0 saturated heterocycles. The van der Waals surface area contributed by atoms with Crippen molar-refractivity contribution >= 4 is 109 Å². The summed E-state index contributed by atoms with van der Waals surface area (Å²) < 4.78 is 62.8. The van der Waals surface area contributed by atoms with E-state index in [-0.39, 0.29) is 29.0 Å². The lowest BCUT2D eigenvalue weighted by Crippen LogP contribution is -2.10. The second-order valence-corrected chi connectivity index (χ2v) is 25.2. The number of benzene rings is 7. The second kappa shape index (κ2) is 58.5. The van der Waals surface area contributed by atoms with E-state index in [0.29, 0.717) is 45.2 Å². The van der Waals surface area contributed by atoms with E-state index in [0.717, 1.165) is 204 Å². The molecule has 1 heterocycles. The van der Waals surface area contributed by atoms with E-state index in [1.165, 1.54) is 55.0 Å². The maximum absolute atomic E-state index is 13.0. The van der Waals surface area contributed by atoms with E-state index in [9.17, 15) is 42.3 Å². The lowest BCUT2D eigenvalue weighted by atomic mass is 9.98. The molecule has 0 spiro atoms. The topological polar surface area (TPSA) is 199 Å². The van der Waals surface area contributed by atoms with Crippen molar-refractivity contribution in [3.63, 3.8) is 0 Å². The van der Waals surface area contributed by atoms with Gasteiger partial charge in [0.25, 0.3) is 0 Å². The number of halogens is 4. The smallest absolute Gasteiger partial charge is 0.354 e. The predicted molar refractivity (Wildman–Crippen MR) is 425 cm³/mol. The maximum Gasteiger partial charge on any atom is 0.354 e. The van der Waals surface area contributed by atoms with Gasteiger partial charge in [-0.3, -0.25) is 13.3 Å². The minimum Gasteiger partial charge on any atom is -0.529 e. The van der Waals surface area contributed by atoms with Gasteiger partial charge in [-0.25, -0.2) is 26.5 Å². The standard InChI is InChI=1S/C14H16O2.C13H15ClO2.C13H15FO2.C13H16O2.C12H13ClO2.C12H13FO2.C12H14O2/c1-2-3-5-11-6-4-7-12-8-9-13(10-15)16-14(11)12;2*1-3-4-5-11-6-7-12(14)8-13(11)16-10(2)9-15;1-3-4-7-12-8-5-6-9-13(12)15-11(2)10-14;2*1-2-3-4-10-5-6-11(13)9-12(10)15-8-7-14;1-2-3-6-11-7-4-5-8-12(11)14-10-9-13/h4,6-7H,2-3,5,8-9H2,1H3;2*6-8H,3-5H2,1-2H3;5-6,8-9H,3-4,7H2,1-2H3;2*5-6,8-9H,2-4H2,1H3;4-5,7-8,10H,2-3,6H2,1H3. The molecule has 107 heavy (non-hydrogen) atoms. The number of rotatable bonds is 34. The van der Waals surface area contributed by atoms with Crippen LogP contribution in [0.3, 0.4) is 0 Å². The van der Waals surface area contributed by atoms with Crippen LogP contribution in [0.1, 0.15) is 210 Å². The Morgan fingerprint density at radius 2 is 0.692 bits per heavy atom. The van der Waals surface area contributed by atoms with Gasteiger partial charge < -0.3 is 33.6 Å². The van der Waals surface area contributed by atoms with Gasteiger partial charge in [0.15, 0.2) is 42.0 Å². The fraction of sp³-hybridized carbons (Fsp3) is 0.371. The van der Waals surface area contributed by atoms with E-state index in [1.54, 1.807) is 69.5 Å². The molecule has 18 heteroatoms.